The zero-order valence-corrected chi connectivity index (χ0v) is 11.7. The summed E-state index contributed by atoms with van der Waals surface area (Å²) in [7, 11) is 1.51. The maximum absolute atomic E-state index is 12.0. The molecule has 114 valence electrons. The smallest absolute Gasteiger partial charge is 0.262 e. The van der Waals surface area contributed by atoms with Gasteiger partial charge in [0.25, 0.3) is 11.8 Å². The zero-order valence-electron chi connectivity index (χ0n) is 11.7. The summed E-state index contributed by atoms with van der Waals surface area (Å²) in [5, 5.41) is 14.8. The number of carbonyl (C=O) groups excluding carboxylic acids is 2. The van der Waals surface area contributed by atoms with Crippen LogP contribution in [0.3, 0.4) is 0 Å². The number of ether oxygens (including phenoxy) is 2. The van der Waals surface area contributed by atoms with Gasteiger partial charge in [0.2, 0.25) is 0 Å². The van der Waals surface area contributed by atoms with Gasteiger partial charge in [-0.1, -0.05) is 0 Å². The molecule has 1 aliphatic heterocycles. The van der Waals surface area contributed by atoms with Gasteiger partial charge in [-0.15, -0.1) is 0 Å². The molecule has 1 atom stereocenters. The first-order valence-electron chi connectivity index (χ1n) is 6.62. The Balaban J connectivity index is 1.91. The van der Waals surface area contributed by atoms with E-state index in [1.54, 1.807) is 18.2 Å². The number of fused-ring (bicyclic) bond motifs is 1. The van der Waals surface area contributed by atoms with Crippen LogP contribution >= 0.6 is 0 Å². The summed E-state index contributed by atoms with van der Waals surface area (Å²) >= 11 is 0. The summed E-state index contributed by atoms with van der Waals surface area (Å²) in [6.45, 7) is 0.553. The lowest BCUT2D eigenvalue weighted by molar-refractivity contribution is -0.118. The van der Waals surface area contributed by atoms with E-state index in [0.717, 1.165) is 0 Å². The highest BCUT2D eigenvalue weighted by Gasteiger charge is 2.17. The molecule has 0 saturated carbocycles. The molecule has 7 heteroatoms. The van der Waals surface area contributed by atoms with Gasteiger partial charge in [-0.3, -0.25) is 9.59 Å². The fourth-order valence-electron chi connectivity index (χ4n) is 1.95. The van der Waals surface area contributed by atoms with Crippen LogP contribution in [0.1, 0.15) is 16.8 Å². The molecule has 1 aromatic rings. The number of nitrogens with one attached hydrogen (secondary N) is 2. The summed E-state index contributed by atoms with van der Waals surface area (Å²) in [6, 6.07) is 4.83. The lowest BCUT2D eigenvalue weighted by Gasteiger charge is -2.18. The van der Waals surface area contributed by atoms with E-state index in [2.05, 4.69) is 10.6 Å². The van der Waals surface area contributed by atoms with Crippen molar-refractivity contribution in [3.63, 3.8) is 0 Å². The highest BCUT2D eigenvalue weighted by molar-refractivity contribution is 5.99. The molecule has 21 heavy (non-hydrogen) atoms. The molecule has 2 rings (SSSR count). The molecule has 0 radical (unpaired) electrons. The van der Waals surface area contributed by atoms with Crippen molar-refractivity contribution < 1.29 is 24.2 Å². The van der Waals surface area contributed by atoms with Gasteiger partial charge in [-0.05, 0) is 24.6 Å². The number of aliphatic hydroxyl groups is 1. The molecule has 0 fully saturated rings. The second kappa shape index (κ2) is 7.05. The van der Waals surface area contributed by atoms with E-state index in [1.165, 1.54) is 7.11 Å². The van der Waals surface area contributed by atoms with Crippen LogP contribution in [0.5, 0.6) is 5.75 Å². The SMILES string of the molecule is COCC(O)CCNC(=O)c1ccc2c(c1)NC(=O)CO2. The first-order chi connectivity index (χ1) is 10.1. The van der Waals surface area contributed by atoms with Gasteiger partial charge in [-0.2, -0.15) is 0 Å². The van der Waals surface area contributed by atoms with Crippen molar-refractivity contribution in [2.45, 2.75) is 12.5 Å². The van der Waals surface area contributed by atoms with Crippen LogP contribution in [0.2, 0.25) is 0 Å². The van der Waals surface area contributed by atoms with Crippen LogP contribution in [0.4, 0.5) is 5.69 Å². The molecule has 0 bridgehead atoms. The largest absolute Gasteiger partial charge is 0.482 e. The molecular formula is C14H18N2O5. The summed E-state index contributed by atoms with van der Waals surface area (Å²) in [5.74, 6) is 0.0200. The van der Waals surface area contributed by atoms with E-state index in [1.807, 2.05) is 0 Å². The van der Waals surface area contributed by atoms with Crippen LogP contribution in [0.15, 0.2) is 18.2 Å². The molecule has 1 aromatic carbocycles. The number of amides is 2. The predicted molar refractivity (Wildman–Crippen MR) is 75.4 cm³/mol. The first kappa shape index (κ1) is 15.3. The van der Waals surface area contributed by atoms with Crippen molar-refractivity contribution in [2.75, 3.05) is 32.2 Å². The molecule has 0 aliphatic carbocycles. The Morgan fingerprint density at radius 2 is 2.38 bits per heavy atom. The van der Waals surface area contributed by atoms with Crippen molar-refractivity contribution in [1.29, 1.82) is 0 Å². The summed E-state index contributed by atoms with van der Waals surface area (Å²) in [6.07, 6.45) is -0.198. The molecule has 7 nitrogen and oxygen atoms in total. The van der Waals surface area contributed by atoms with Crippen molar-refractivity contribution in [2.24, 2.45) is 0 Å². The van der Waals surface area contributed by atoms with E-state index in [0.29, 0.717) is 30.0 Å². The van der Waals surface area contributed by atoms with Crippen LogP contribution in [-0.4, -0.2) is 49.9 Å². The molecule has 1 heterocycles. The van der Waals surface area contributed by atoms with Crippen LogP contribution in [0, 0.1) is 0 Å². The zero-order chi connectivity index (χ0) is 15.2. The minimum absolute atomic E-state index is 0.0179. The molecule has 0 aromatic heterocycles. The van der Waals surface area contributed by atoms with Gasteiger partial charge in [0, 0.05) is 19.2 Å². The Morgan fingerprint density at radius 3 is 3.14 bits per heavy atom. The maximum atomic E-state index is 12.0. The number of carbonyl (C=O) groups is 2. The van der Waals surface area contributed by atoms with Gasteiger partial charge in [-0.25, -0.2) is 0 Å². The third-order valence-corrected chi connectivity index (χ3v) is 3.00. The Morgan fingerprint density at radius 1 is 1.57 bits per heavy atom. The van der Waals surface area contributed by atoms with Crippen LogP contribution < -0.4 is 15.4 Å². The first-order valence-corrected chi connectivity index (χ1v) is 6.62. The maximum Gasteiger partial charge on any atom is 0.262 e. The Labute approximate surface area is 122 Å². The van der Waals surface area contributed by atoms with Gasteiger partial charge in [0.15, 0.2) is 6.61 Å². The molecular weight excluding hydrogens is 276 g/mol. The molecule has 2 amide bonds. The number of anilines is 1. The normalized spacial score (nSPS) is 14.7. The molecule has 0 spiro atoms. The van der Waals surface area contributed by atoms with Crippen molar-refractivity contribution in [1.82, 2.24) is 5.32 Å². The highest BCUT2D eigenvalue weighted by atomic mass is 16.5. The lowest BCUT2D eigenvalue weighted by Crippen LogP contribution is -2.29. The number of hydrogen-bond donors (Lipinski definition) is 3. The van der Waals surface area contributed by atoms with E-state index < -0.39 is 6.10 Å². The molecule has 1 unspecified atom stereocenters. The molecule has 1 aliphatic rings. The quantitative estimate of drug-likeness (QED) is 0.693. The average molecular weight is 294 g/mol. The number of methoxy groups -OCH3 is 1. The minimum atomic E-state index is -0.605. The van der Waals surface area contributed by atoms with Crippen molar-refractivity contribution in [3.8, 4) is 5.75 Å². The molecule has 0 saturated heterocycles. The highest BCUT2D eigenvalue weighted by Crippen LogP contribution is 2.28. The Bertz CT molecular complexity index is 532. The van der Waals surface area contributed by atoms with Gasteiger partial charge in [0.05, 0.1) is 18.4 Å². The van der Waals surface area contributed by atoms with Crippen molar-refractivity contribution >= 4 is 17.5 Å². The van der Waals surface area contributed by atoms with E-state index >= 15 is 0 Å². The van der Waals surface area contributed by atoms with Gasteiger partial charge in [0.1, 0.15) is 5.75 Å². The number of hydrogen-bond acceptors (Lipinski definition) is 5. The third kappa shape index (κ3) is 4.17. The van der Waals surface area contributed by atoms with Gasteiger partial charge >= 0.3 is 0 Å². The standard InChI is InChI=1S/C14H18N2O5/c1-20-7-10(17)4-5-15-14(19)9-2-3-12-11(6-9)16-13(18)8-21-12/h2-3,6,10,17H,4-5,7-8H2,1H3,(H,15,19)(H,16,18). The van der Waals surface area contributed by atoms with Crippen LogP contribution in [-0.2, 0) is 9.53 Å². The number of rotatable bonds is 6. The minimum Gasteiger partial charge on any atom is -0.482 e. The fourth-order valence-corrected chi connectivity index (χ4v) is 1.95. The molecule has 3 N–H and O–H groups in total. The average Bonchev–Trinajstić information content (AvgIpc) is 2.46. The monoisotopic (exact) mass is 294 g/mol. The summed E-state index contributed by atoms with van der Waals surface area (Å²) in [4.78, 5) is 23.2. The van der Waals surface area contributed by atoms with E-state index in [-0.39, 0.29) is 25.0 Å². The Hall–Kier alpha value is -2.12. The van der Waals surface area contributed by atoms with Crippen molar-refractivity contribution in [3.05, 3.63) is 23.8 Å². The predicted octanol–water partition coefficient (Wildman–Crippen LogP) is 0.145. The van der Waals surface area contributed by atoms with Gasteiger partial charge < -0.3 is 25.2 Å². The van der Waals surface area contributed by atoms with Crippen LogP contribution in [0.25, 0.3) is 0 Å². The number of aliphatic hydroxyl groups excluding tert-OH is 1. The lowest BCUT2D eigenvalue weighted by atomic mass is 10.1. The Kier molecular flexibility index (Phi) is 5.13. The van der Waals surface area contributed by atoms with E-state index in [9.17, 15) is 14.7 Å². The van der Waals surface area contributed by atoms with E-state index in [4.69, 9.17) is 9.47 Å². The topological polar surface area (TPSA) is 96.9 Å². The summed E-state index contributed by atoms with van der Waals surface area (Å²) < 4.78 is 10.0. The fraction of sp³-hybridized carbons (Fsp3) is 0.429. The second-order valence-electron chi connectivity index (χ2n) is 4.70. The second-order valence-corrected chi connectivity index (χ2v) is 4.70. The summed E-state index contributed by atoms with van der Waals surface area (Å²) in [5.41, 5.74) is 0.902. The number of benzene rings is 1. The third-order valence-electron chi connectivity index (χ3n) is 3.00.